The van der Waals surface area contributed by atoms with Gasteiger partial charge in [-0.3, -0.25) is 4.79 Å². The molecule has 20 heavy (non-hydrogen) atoms. The van der Waals surface area contributed by atoms with E-state index in [1.807, 2.05) is 9.80 Å². The van der Waals surface area contributed by atoms with Gasteiger partial charge in [0.25, 0.3) is 0 Å². The molecule has 2 rings (SSSR count). The van der Waals surface area contributed by atoms with Crippen LogP contribution >= 0.6 is 0 Å². The second-order valence-corrected chi connectivity index (χ2v) is 5.87. The summed E-state index contributed by atoms with van der Waals surface area (Å²) in [4.78, 5) is 29.6. The Balaban J connectivity index is 1.63. The number of amides is 3. The molecule has 0 aliphatic carbocycles. The molecule has 0 aromatic heterocycles. The summed E-state index contributed by atoms with van der Waals surface area (Å²) in [6.45, 7) is 7.00. The van der Waals surface area contributed by atoms with Crippen molar-refractivity contribution in [3.8, 4) is 0 Å². The molecule has 1 N–H and O–H groups in total. The molecule has 0 aromatic rings. The maximum atomic E-state index is 12.1. The van der Waals surface area contributed by atoms with Gasteiger partial charge in [-0.2, -0.15) is 0 Å². The standard InChI is InChI=1S/C14H26N4O2/c1-12-11-16(2)9-10-18(12)14(20)15-6-4-8-17-7-3-5-13(17)19/h12H,3-11H2,1-2H3,(H,15,20). The van der Waals surface area contributed by atoms with E-state index in [-0.39, 0.29) is 18.0 Å². The van der Waals surface area contributed by atoms with Crippen molar-refractivity contribution in [2.75, 3.05) is 46.3 Å². The van der Waals surface area contributed by atoms with E-state index in [2.05, 4.69) is 24.2 Å². The number of nitrogens with one attached hydrogen (secondary N) is 1. The topological polar surface area (TPSA) is 55.9 Å². The molecular weight excluding hydrogens is 256 g/mol. The van der Waals surface area contributed by atoms with Crippen molar-refractivity contribution in [1.82, 2.24) is 20.0 Å². The van der Waals surface area contributed by atoms with Gasteiger partial charge in [0.1, 0.15) is 0 Å². The molecule has 0 aromatic carbocycles. The fourth-order valence-corrected chi connectivity index (χ4v) is 2.95. The number of likely N-dealkylation sites (tertiary alicyclic amines) is 1. The number of piperazine rings is 1. The van der Waals surface area contributed by atoms with Crippen molar-refractivity contribution in [3.05, 3.63) is 0 Å². The first-order valence-corrected chi connectivity index (χ1v) is 7.58. The smallest absolute Gasteiger partial charge is 0.317 e. The molecule has 6 nitrogen and oxygen atoms in total. The first-order valence-electron chi connectivity index (χ1n) is 7.58. The predicted octanol–water partition coefficient (Wildman–Crippen LogP) is 0.344. The number of nitrogens with zero attached hydrogens (tertiary/aromatic N) is 3. The van der Waals surface area contributed by atoms with Gasteiger partial charge in [0.15, 0.2) is 0 Å². The molecule has 2 fully saturated rings. The van der Waals surface area contributed by atoms with Crippen LogP contribution in [0.3, 0.4) is 0 Å². The Bertz CT molecular complexity index is 361. The minimum atomic E-state index is 0.0262. The van der Waals surface area contributed by atoms with Crippen LogP contribution in [0, 0.1) is 0 Å². The number of likely N-dealkylation sites (N-methyl/N-ethyl adjacent to an activating group) is 1. The monoisotopic (exact) mass is 282 g/mol. The normalized spacial score (nSPS) is 24.3. The second kappa shape index (κ2) is 6.92. The van der Waals surface area contributed by atoms with Gasteiger partial charge in [-0.15, -0.1) is 0 Å². The lowest BCUT2D eigenvalue weighted by molar-refractivity contribution is -0.127. The second-order valence-electron chi connectivity index (χ2n) is 5.87. The largest absolute Gasteiger partial charge is 0.343 e. The lowest BCUT2D eigenvalue weighted by Gasteiger charge is -2.38. The number of urea groups is 1. The van der Waals surface area contributed by atoms with Crippen LogP contribution in [0.5, 0.6) is 0 Å². The summed E-state index contributed by atoms with van der Waals surface area (Å²) in [5.41, 5.74) is 0. The maximum Gasteiger partial charge on any atom is 0.317 e. The van der Waals surface area contributed by atoms with E-state index in [1.54, 1.807) is 0 Å². The van der Waals surface area contributed by atoms with Gasteiger partial charge in [0.2, 0.25) is 5.91 Å². The van der Waals surface area contributed by atoms with Crippen LogP contribution < -0.4 is 5.32 Å². The molecule has 2 aliphatic heterocycles. The highest BCUT2D eigenvalue weighted by atomic mass is 16.2. The van der Waals surface area contributed by atoms with Gasteiger partial charge in [0.05, 0.1) is 0 Å². The third-order valence-electron chi connectivity index (χ3n) is 4.14. The summed E-state index contributed by atoms with van der Waals surface area (Å²) in [6.07, 6.45) is 2.49. The van der Waals surface area contributed by atoms with Crippen molar-refractivity contribution >= 4 is 11.9 Å². The van der Waals surface area contributed by atoms with E-state index in [0.29, 0.717) is 13.0 Å². The Morgan fingerprint density at radius 1 is 1.35 bits per heavy atom. The summed E-state index contributed by atoms with van der Waals surface area (Å²) < 4.78 is 0. The average Bonchev–Trinajstić information content (AvgIpc) is 2.80. The fourth-order valence-electron chi connectivity index (χ4n) is 2.95. The molecule has 0 radical (unpaired) electrons. The predicted molar refractivity (Wildman–Crippen MR) is 77.5 cm³/mol. The Labute approximate surface area is 121 Å². The molecule has 0 saturated carbocycles. The summed E-state index contributed by atoms with van der Waals surface area (Å²) in [7, 11) is 2.08. The highest BCUT2D eigenvalue weighted by molar-refractivity contribution is 5.78. The first kappa shape index (κ1) is 15.1. The number of carbonyl (C=O) groups excluding carboxylic acids is 2. The van der Waals surface area contributed by atoms with E-state index >= 15 is 0 Å². The van der Waals surface area contributed by atoms with Crippen LogP contribution in [-0.2, 0) is 4.79 Å². The van der Waals surface area contributed by atoms with Crippen LogP contribution in [0.1, 0.15) is 26.2 Å². The molecular formula is C14H26N4O2. The molecule has 1 atom stereocenters. The zero-order valence-corrected chi connectivity index (χ0v) is 12.6. The molecule has 114 valence electrons. The van der Waals surface area contributed by atoms with Crippen LogP contribution in [0.15, 0.2) is 0 Å². The molecule has 3 amide bonds. The maximum absolute atomic E-state index is 12.1. The summed E-state index contributed by atoms with van der Waals surface area (Å²) >= 11 is 0. The average molecular weight is 282 g/mol. The highest BCUT2D eigenvalue weighted by Crippen LogP contribution is 2.10. The van der Waals surface area contributed by atoms with Crippen molar-refractivity contribution in [2.24, 2.45) is 0 Å². The summed E-state index contributed by atoms with van der Waals surface area (Å²) in [5.74, 6) is 0.254. The van der Waals surface area contributed by atoms with E-state index in [9.17, 15) is 9.59 Å². The number of hydrogen-bond donors (Lipinski definition) is 1. The van der Waals surface area contributed by atoms with Gasteiger partial charge in [-0.25, -0.2) is 4.79 Å². The number of rotatable bonds is 4. The van der Waals surface area contributed by atoms with Crippen LogP contribution in [0.25, 0.3) is 0 Å². The van der Waals surface area contributed by atoms with E-state index in [1.165, 1.54) is 0 Å². The first-order chi connectivity index (χ1) is 9.58. The van der Waals surface area contributed by atoms with Crippen molar-refractivity contribution in [2.45, 2.75) is 32.2 Å². The highest BCUT2D eigenvalue weighted by Gasteiger charge is 2.25. The zero-order chi connectivity index (χ0) is 14.5. The van der Waals surface area contributed by atoms with E-state index in [0.717, 1.165) is 45.6 Å². The minimum absolute atomic E-state index is 0.0262. The third kappa shape index (κ3) is 3.85. The van der Waals surface area contributed by atoms with E-state index < -0.39 is 0 Å². The Morgan fingerprint density at radius 3 is 2.80 bits per heavy atom. The van der Waals surface area contributed by atoms with Crippen molar-refractivity contribution in [3.63, 3.8) is 0 Å². The van der Waals surface area contributed by atoms with Crippen LogP contribution in [0.2, 0.25) is 0 Å². The lowest BCUT2D eigenvalue weighted by atomic mass is 10.2. The Hall–Kier alpha value is -1.30. The SMILES string of the molecule is CC1CN(C)CCN1C(=O)NCCCN1CCCC1=O. The van der Waals surface area contributed by atoms with Gasteiger partial charge >= 0.3 is 6.03 Å². The van der Waals surface area contributed by atoms with Crippen molar-refractivity contribution < 1.29 is 9.59 Å². The van der Waals surface area contributed by atoms with E-state index in [4.69, 9.17) is 0 Å². The third-order valence-corrected chi connectivity index (χ3v) is 4.14. The number of carbonyl (C=O) groups is 2. The molecule has 6 heteroatoms. The quantitative estimate of drug-likeness (QED) is 0.757. The molecule has 2 aliphatic rings. The summed E-state index contributed by atoms with van der Waals surface area (Å²) in [6, 6.07) is 0.284. The van der Waals surface area contributed by atoms with Crippen LogP contribution in [-0.4, -0.2) is 79.0 Å². The number of hydrogen-bond acceptors (Lipinski definition) is 3. The van der Waals surface area contributed by atoms with Gasteiger partial charge in [0, 0.05) is 51.7 Å². The lowest BCUT2D eigenvalue weighted by Crippen LogP contribution is -2.55. The molecule has 0 spiro atoms. The minimum Gasteiger partial charge on any atom is -0.343 e. The van der Waals surface area contributed by atoms with Gasteiger partial charge in [-0.05, 0) is 26.8 Å². The summed E-state index contributed by atoms with van der Waals surface area (Å²) in [5, 5.41) is 2.97. The van der Waals surface area contributed by atoms with Gasteiger partial charge in [-0.1, -0.05) is 0 Å². The zero-order valence-electron chi connectivity index (χ0n) is 12.6. The van der Waals surface area contributed by atoms with Crippen LogP contribution in [0.4, 0.5) is 4.79 Å². The van der Waals surface area contributed by atoms with Gasteiger partial charge < -0.3 is 20.0 Å². The van der Waals surface area contributed by atoms with Crippen molar-refractivity contribution in [1.29, 1.82) is 0 Å². The Morgan fingerprint density at radius 2 is 2.15 bits per heavy atom. The fraction of sp³-hybridized carbons (Fsp3) is 0.857. The molecule has 1 unspecified atom stereocenters. The molecule has 0 bridgehead atoms. The molecule has 2 saturated heterocycles. The molecule has 2 heterocycles. The Kier molecular flexibility index (Phi) is 5.23.